The first-order chi connectivity index (χ1) is 12.5. The number of nitrogens with zero attached hydrogens (tertiary/aromatic N) is 1. The Morgan fingerprint density at radius 2 is 1.93 bits per heavy atom. The van der Waals surface area contributed by atoms with Crippen molar-refractivity contribution in [2.24, 2.45) is 11.8 Å². The van der Waals surface area contributed by atoms with E-state index in [1.807, 2.05) is 0 Å². The highest BCUT2D eigenvalue weighted by molar-refractivity contribution is 5.94. The van der Waals surface area contributed by atoms with Crippen molar-refractivity contribution < 1.29 is 18.4 Å². The number of piperidine rings is 2. The van der Waals surface area contributed by atoms with Gasteiger partial charge in [-0.15, -0.1) is 12.4 Å². The Hall–Kier alpha value is -1.73. The maximum Gasteiger partial charge on any atom is 0.256 e. The van der Waals surface area contributed by atoms with Gasteiger partial charge in [0, 0.05) is 31.6 Å². The largest absolute Gasteiger partial charge is 0.356 e. The van der Waals surface area contributed by atoms with Gasteiger partial charge in [-0.2, -0.15) is 0 Å². The quantitative estimate of drug-likeness (QED) is 0.814. The second kappa shape index (κ2) is 9.99. The summed E-state index contributed by atoms with van der Waals surface area (Å²) in [6, 6.07) is 2.97. The standard InChI is InChI=1S/C19H25F2N3O2.ClH/c20-15-3-4-16(17(21)10-15)19(26)24-8-5-14(6-9-24)18(25)23-12-13-2-1-7-22-11-13;/h3-4,10,13-14,22H,1-2,5-9,11-12H2,(H,23,25);1H. The number of carbonyl (C=O) groups is 2. The fraction of sp³-hybridized carbons (Fsp3) is 0.579. The molecule has 0 radical (unpaired) electrons. The average molecular weight is 402 g/mol. The summed E-state index contributed by atoms with van der Waals surface area (Å²) < 4.78 is 26.8. The maximum atomic E-state index is 13.8. The zero-order valence-electron chi connectivity index (χ0n) is 15.2. The van der Waals surface area contributed by atoms with Crippen molar-refractivity contribution in [1.82, 2.24) is 15.5 Å². The fourth-order valence-corrected chi connectivity index (χ4v) is 3.67. The van der Waals surface area contributed by atoms with E-state index in [9.17, 15) is 18.4 Å². The molecule has 27 heavy (non-hydrogen) atoms. The van der Waals surface area contributed by atoms with E-state index in [0.717, 1.165) is 32.0 Å². The van der Waals surface area contributed by atoms with Gasteiger partial charge >= 0.3 is 0 Å². The summed E-state index contributed by atoms with van der Waals surface area (Å²) in [5.41, 5.74) is -0.126. The monoisotopic (exact) mass is 401 g/mol. The molecule has 1 aromatic rings. The summed E-state index contributed by atoms with van der Waals surface area (Å²) in [6.45, 7) is 3.48. The van der Waals surface area contributed by atoms with Crippen LogP contribution in [0.5, 0.6) is 0 Å². The molecule has 2 N–H and O–H groups in total. The highest BCUT2D eigenvalue weighted by Crippen LogP contribution is 2.21. The molecule has 0 spiro atoms. The third-order valence-corrected chi connectivity index (χ3v) is 5.28. The van der Waals surface area contributed by atoms with Crippen molar-refractivity contribution in [3.63, 3.8) is 0 Å². The molecular weight excluding hydrogens is 376 g/mol. The second-order valence-electron chi connectivity index (χ2n) is 7.15. The molecule has 1 aromatic carbocycles. The molecule has 2 aliphatic heterocycles. The van der Waals surface area contributed by atoms with E-state index < -0.39 is 17.5 Å². The Morgan fingerprint density at radius 3 is 2.56 bits per heavy atom. The van der Waals surface area contributed by atoms with Crippen LogP contribution in [-0.4, -0.2) is 49.4 Å². The molecule has 8 heteroatoms. The third-order valence-electron chi connectivity index (χ3n) is 5.28. The molecular formula is C19H26ClF2N3O2. The number of halogens is 3. The van der Waals surface area contributed by atoms with Gasteiger partial charge in [-0.25, -0.2) is 8.78 Å². The number of benzene rings is 1. The van der Waals surface area contributed by atoms with Gasteiger partial charge in [0.2, 0.25) is 5.91 Å². The number of amides is 2. The van der Waals surface area contributed by atoms with Crippen LogP contribution < -0.4 is 10.6 Å². The van der Waals surface area contributed by atoms with E-state index in [4.69, 9.17) is 0 Å². The zero-order chi connectivity index (χ0) is 18.5. The minimum atomic E-state index is -0.851. The molecule has 2 amide bonds. The predicted molar refractivity (Wildman–Crippen MR) is 101 cm³/mol. The molecule has 0 aromatic heterocycles. The normalized spacial score (nSPS) is 20.7. The number of hydrogen-bond acceptors (Lipinski definition) is 3. The van der Waals surface area contributed by atoms with Crippen molar-refractivity contribution in [3.05, 3.63) is 35.4 Å². The van der Waals surface area contributed by atoms with Gasteiger partial charge in [-0.05, 0) is 56.8 Å². The Balaban J connectivity index is 0.00000261. The van der Waals surface area contributed by atoms with E-state index >= 15 is 0 Å². The van der Waals surface area contributed by atoms with Crippen molar-refractivity contribution in [2.45, 2.75) is 25.7 Å². The molecule has 3 rings (SSSR count). The molecule has 2 aliphatic rings. The van der Waals surface area contributed by atoms with E-state index in [1.165, 1.54) is 11.0 Å². The van der Waals surface area contributed by atoms with Crippen LogP contribution >= 0.6 is 12.4 Å². The van der Waals surface area contributed by atoms with Crippen LogP contribution in [0, 0.1) is 23.5 Å². The van der Waals surface area contributed by atoms with E-state index in [0.29, 0.717) is 44.5 Å². The molecule has 0 saturated carbocycles. The molecule has 1 atom stereocenters. The van der Waals surface area contributed by atoms with Crippen LogP contribution in [0.2, 0.25) is 0 Å². The van der Waals surface area contributed by atoms with Crippen LogP contribution in [0.3, 0.4) is 0 Å². The van der Waals surface area contributed by atoms with E-state index in [-0.39, 0.29) is 29.8 Å². The third kappa shape index (κ3) is 5.62. The van der Waals surface area contributed by atoms with Crippen LogP contribution in [0.4, 0.5) is 8.78 Å². The van der Waals surface area contributed by atoms with Crippen molar-refractivity contribution in [1.29, 1.82) is 0 Å². The predicted octanol–water partition coefficient (Wildman–Crippen LogP) is 2.35. The number of nitrogens with one attached hydrogen (secondary N) is 2. The van der Waals surface area contributed by atoms with Crippen LogP contribution in [0.15, 0.2) is 18.2 Å². The summed E-state index contributed by atoms with van der Waals surface area (Å²) in [6.07, 6.45) is 3.39. The molecule has 150 valence electrons. The molecule has 2 fully saturated rings. The molecule has 1 unspecified atom stereocenters. The number of carbonyl (C=O) groups excluding carboxylic acids is 2. The Labute approximate surface area is 164 Å². The maximum absolute atomic E-state index is 13.8. The SMILES string of the molecule is Cl.O=C(NCC1CCCNC1)C1CCN(C(=O)c2ccc(F)cc2F)CC1. The van der Waals surface area contributed by atoms with Crippen LogP contribution in [0.1, 0.15) is 36.0 Å². The minimum absolute atomic E-state index is 0. The second-order valence-corrected chi connectivity index (χ2v) is 7.15. The Bertz CT molecular complexity index is 660. The number of likely N-dealkylation sites (tertiary alicyclic amines) is 1. The smallest absolute Gasteiger partial charge is 0.256 e. The summed E-state index contributed by atoms with van der Waals surface area (Å²) in [5.74, 6) is -1.60. The lowest BCUT2D eigenvalue weighted by atomic mass is 9.94. The fourth-order valence-electron chi connectivity index (χ4n) is 3.67. The van der Waals surface area contributed by atoms with Crippen molar-refractivity contribution in [3.8, 4) is 0 Å². The first-order valence-corrected chi connectivity index (χ1v) is 9.27. The molecule has 0 aliphatic carbocycles. The minimum Gasteiger partial charge on any atom is -0.356 e. The Kier molecular flexibility index (Phi) is 7.98. The summed E-state index contributed by atoms with van der Waals surface area (Å²) >= 11 is 0. The van der Waals surface area contributed by atoms with Gasteiger partial charge in [-0.1, -0.05) is 0 Å². The summed E-state index contributed by atoms with van der Waals surface area (Å²) in [4.78, 5) is 26.3. The van der Waals surface area contributed by atoms with Gasteiger partial charge in [-0.3, -0.25) is 9.59 Å². The Morgan fingerprint density at radius 1 is 1.19 bits per heavy atom. The zero-order valence-corrected chi connectivity index (χ0v) is 16.0. The van der Waals surface area contributed by atoms with Crippen molar-refractivity contribution >= 4 is 24.2 Å². The first kappa shape index (κ1) is 21.6. The lowest BCUT2D eigenvalue weighted by molar-refractivity contribution is -0.126. The number of rotatable bonds is 4. The van der Waals surface area contributed by atoms with Gasteiger partial charge < -0.3 is 15.5 Å². The first-order valence-electron chi connectivity index (χ1n) is 9.27. The molecule has 5 nitrogen and oxygen atoms in total. The molecule has 0 bridgehead atoms. The highest BCUT2D eigenvalue weighted by atomic mass is 35.5. The number of hydrogen-bond donors (Lipinski definition) is 2. The average Bonchev–Trinajstić information content (AvgIpc) is 2.66. The lowest BCUT2D eigenvalue weighted by Crippen LogP contribution is -2.45. The van der Waals surface area contributed by atoms with E-state index in [2.05, 4.69) is 10.6 Å². The molecule has 2 heterocycles. The van der Waals surface area contributed by atoms with Crippen LogP contribution in [-0.2, 0) is 4.79 Å². The summed E-state index contributed by atoms with van der Waals surface area (Å²) in [5, 5.41) is 6.36. The molecule has 2 saturated heterocycles. The topological polar surface area (TPSA) is 61.4 Å². The van der Waals surface area contributed by atoms with Gasteiger partial charge in [0.15, 0.2) is 0 Å². The highest BCUT2D eigenvalue weighted by Gasteiger charge is 2.29. The lowest BCUT2D eigenvalue weighted by Gasteiger charge is -2.32. The van der Waals surface area contributed by atoms with Crippen LogP contribution in [0.25, 0.3) is 0 Å². The summed E-state index contributed by atoms with van der Waals surface area (Å²) in [7, 11) is 0. The van der Waals surface area contributed by atoms with Gasteiger partial charge in [0.05, 0.1) is 5.56 Å². The van der Waals surface area contributed by atoms with Gasteiger partial charge in [0.25, 0.3) is 5.91 Å². The van der Waals surface area contributed by atoms with Crippen molar-refractivity contribution in [2.75, 3.05) is 32.7 Å². The van der Waals surface area contributed by atoms with Gasteiger partial charge in [0.1, 0.15) is 11.6 Å². The van der Waals surface area contributed by atoms with E-state index in [1.54, 1.807) is 0 Å².